The van der Waals surface area contributed by atoms with Crippen molar-refractivity contribution >= 4 is 11.7 Å². The van der Waals surface area contributed by atoms with Crippen LogP contribution in [0.25, 0.3) is 0 Å². The molecule has 0 saturated carbocycles. The van der Waals surface area contributed by atoms with Crippen molar-refractivity contribution in [3.8, 4) is 5.75 Å². The lowest BCUT2D eigenvalue weighted by atomic mass is 10.0. The predicted octanol–water partition coefficient (Wildman–Crippen LogP) is 4.35. The molecule has 150 valence electrons. The highest BCUT2D eigenvalue weighted by Crippen LogP contribution is 2.22. The number of carbonyl (C=O) groups excluding carboxylic acids is 1. The summed E-state index contributed by atoms with van der Waals surface area (Å²) in [6, 6.07) is 13.7. The molecule has 0 aromatic heterocycles. The monoisotopic (exact) mass is 385 g/mol. The first-order valence-electron chi connectivity index (χ1n) is 9.77. The number of rotatable bonds is 6. The molecule has 2 amide bonds. The lowest BCUT2D eigenvalue weighted by molar-refractivity contribution is 0.126. The summed E-state index contributed by atoms with van der Waals surface area (Å²) in [5.74, 6) is 0.474. The third-order valence-electron chi connectivity index (χ3n) is 5.31. The second kappa shape index (κ2) is 9.55. The summed E-state index contributed by atoms with van der Waals surface area (Å²) in [4.78, 5) is 17.4. The standard InChI is InChI=1S/C22H28FN3O2/c1-3-25-14-12-20(13-15-25)26(16-17-4-6-18(23)7-5-17)22(27)24-19-8-10-21(28-2)11-9-19/h4-11,20H,3,12-16H2,1-2H3,(H,24,27). The molecule has 1 N–H and O–H groups in total. The number of ether oxygens (including phenoxy) is 1. The summed E-state index contributed by atoms with van der Waals surface area (Å²) < 4.78 is 18.4. The zero-order valence-corrected chi connectivity index (χ0v) is 16.5. The van der Waals surface area contributed by atoms with Crippen molar-refractivity contribution in [3.05, 3.63) is 59.9 Å². The minimum absolute atomic E-state index is 0.135. The van der Waals surface area contributed by atoms with E-state index < -0.39 is 0 Å². The molecule has 28 heavy (non-hydrogen) atoms. The largest absolute Gasteiger partial charge is 0.497 e. The van der Waals surface area contributed by atoms with E-state index in [1.54, 1.807) is 19.2 Å². The van der Waals surface area contributed by atoms with E-state index in [2.05, 4.69) is 17.1 Å². The number of carbonyl (C=O) groups is 1. The van der Waals surface area contributed by atoms with Gasteiger partial charge < -0.3 is 19.9 Å². The minimum atomic E-state index is -0.269. The first-order chi connectivity index (χ1) is 13.6. The Balaban J connectivity index is 1.73. The molecule has 0 spiro atoms. The lowest BCUT2D eigenvalue weighted by Crippen LogP contribution is -2.48. The number of piperidine rings is 1. The van der Waals surface area contributed by atoms with Gasteiger partial charge in [0, 0.05) is 31.4 Å². The van der Waals surface area contributed by atoms with Crippen molar-refractivity contribution < 1.29 is 13.9 Å². The topological polar surface area (TPSA) is 44.8 Å². The Kier molecular flexibility index (Phi) is 6.87. The number of urea groups is 1. The van der Waals surface area contributed by atoms with Gasteiger partial charge in [-0.2, -0.15) is 0 Å². The van der Waals surface area contributed by atoms with Crippen LogP contribution in [-0.2, 0) is 6.54 Å². The Hall–Kier alpha value is -2.60. The molecule has 5 nitrogen and oxygen atoms in total. The second-order valence-corrected chi connectivity index (χ2v) is 7.08. The van der Waals surface area contributed by atoms with Gasteiger partial charge in [0.05, 0.1) is 7.11 Å². The van der Waals surface area contributed by atoms with Crippen LogP contribution in [0.5, 0.6) is 5.75 Å². The number of likely N-dealkylation sites (tertiary alicyclic amines) is 1. The molecule has 1 aliphatic rings. The van der Waals surface area contributed by atoms with Gasteiger partial charge in [0.15, 0.2) is 0 Å². The van der Waals surface area contributed by atoms with Crippen LogP contribution in [0.3, 0.4) is 0 Å². The Bertz CT molecular complexity index is 756. The Morgan fingerprint density at radius 3 is 2.36 bits per heavy atom. The van der Waals surface area contributed by atoms with Crippen LogP contribution >= 0.6 is 0 Å². The van der Waals surface area contributed by atoms with Gasteiger partial charge in [-0.25, -0.2) is 9.18 Å². The fourth-order valence-electron chi connectivity index (χ4n) is 3.57. The van der Waals surface area contributed by atoms with Crippen molar-refractivity contribution in [3.63, 3.8) is 0 Å². The maximum atomic E-state index is 13.3. The molecule has 2 aromatic rings. The minimum Gasteiger partial charge on any atom is -0.497 e. The Morgan fingerprint density at radius 1 is 1.14 bits per heavy atom. The third-order valence-corrected chi connectivity index (χ3v) is 5.31. The highest BCUT2D eigenvalue weighted by Gasteiger charge is 2.27. The molecule has 1 heterocycles. The van der Waals surface area contributed by atoms with Gasteiger partial charge in [-0.05, 0) is 61.3 Å². The van der Waals surface area contributed by atoms with Crippen LogP contribution in [0.15, 0.2) is 48.5 Å². The number of nitrogens with zero attached hydrogens (tertiary/aromatic N) is 2. The maximum absolute atomic E-state index is 13.3. The van der Waals surface area contributed by atoms with Crippen molar-refractivity contribution in [2.24, 2.45) is 0 Å². The highest BCUT2D eigenvalue weighted by atomic mass is 19.1. The molecule has 2 aromatic carbocycles. The first-order valence-corrected chi connectivity index (χ1v) is 9.77. The fraction of sp³-hybridized carbons (Fsp3) is 0.409. The SMILES string of the molecule is CCN1CCC(N(Cc2ccc(F)cc2)C(=O)Nc2ccc(OC)cc2)CC1. The van der Waals surface area contributed by atoms with E-state index in [9.17, 15) is 9.18 Å². The summed E-state index contributed by atoms with van der Waals surface area (Å²) in [5, 5.41) is 2.99. The van der Waals surface area contributed by atoms with Crippen LogP contribution < -0.4 is 10.1 Å². The fourth-order valence-corrected chi connectivity index (χ4v) is 3.57. The van der Waals surface area contributed by atoms with E-state index in [0.29, 0.717) is 6.54 Å². The summed E-state index contributed by atoms with van der Waals surface area (Å²) in [5.41, 5.74) is 1.64. The van der Waals surface area contributed by atoms with E-state index in [-0.39, 0.29) is 17.9 Å². The van der Waals surface area contributed by atoms with Crippen molar-refractivity contribution in [2.75, 3.05) is 32.1 Å². The van der Waals surface area contributed by atoms with Crippen molar-refractivity contribution in [2.45, 2.75) is 32.4 Å². The van der Waals surface area contributed by atoms with Crippen molar-refractivity contribution in [1.82, 2.24) is 9.80 Å². The average Bonchev–Trinajstić information content (AvgIpc) is 2.74. The number of halogens is 1. The van der Waals surface area contributed by atoms with Gasteiger partial charge in [0.25, 0.3) is 0 Å². The van der Waals surface area contributed by atoms with Crippen molar-refractivity contribution in [1.29, 1.82) is 0 Å². The van der Waals surface area contributed by atoms with Gasteiger partial charge in [-0.15, -0.1) is 0 Å². The van der Waals surface area contributed by atoms with E-state index >= 15 is 0 Å². The molecule has 1 aliphatic heterocycles. The third kappa shape index (κ3) is 5.23. The van der Waals surface area contributed by atoms with Crippen LogP contribution in [0.2, 0.25) is 0 Å². The van der Waals surface area contributed by atoms with Crippen LogP contribution in [0.1, 0.15) is 25.3 Å². The molecule has 0 atom stereocenters. The molecule has 3 rings (SSSR count). The van der Waals surface area contributed by atoms with Crippen LogP contribution in [0.4, 0.5) is 14.9 Å². The molecule has 0 aliphatic carbocycles. The summed E-state index contributed by atoms with van der Waals surface area (Å²) in [6.07, 6.45) is 1.87. The van der Waals surface area contributed by atoms with Gasteiger partial charge in [0.1, 0.15) is 11.6 Å². The van der Waals surface area contributed by atoms with Gasteiger partial charge in [-0.1, -0.05) is 19.1 Å². The molecule has 0 radical (unpaired) electrons. The number of methoxy groups -OCH3 is 1. The summed E-state index contributed by atoms with van der Waals surface area (Å²) in [6.45, 7) is 5.61. The second-order valence-electron chi connectivity index (χ2n) is 7.08. The average molecular weight is 385 g/mol. The number of hydrogen-bond acceptors (Lipinski definition) is 3. The maximum Gasteiger partial charge on any atom is 0.322 e. The Labute approximate surface area is 166 Å². The smallest absolute Gasteiger partial charge is 0.322 e. The normalized spacial score (nSPS) is 15.2. The Morgan fingerprint density at radius 2 is 1.79 bits per heavy atom. The number of amides is 2. The van der Waals surface area contributed by atoms with E-state index in [1.165, 1.54) is 12.1 Å². The van der Waals surface area contributed by atoms with Gasteiger partial charge in [-0.3, -0.25) is 0 Å². The van der Waals surface area contributed by atoms with E-state index in [0.717, 1.165) is 49.5 Å². The molecular weight excluding hydrogens is 357 g/mol. The van der Waals surface area contributed by atoms with E-state index in [4.69, 9.17) is 4.74 Å². The van der Waals surface area contributed by atoms with Crippen LogP contribution in [0, 0.1) is 5.82 Å². The highest BCUT2D eigenvalue weighted by molar-refractivity contribution is 5.89. The first kappa shape index (κ1) is 20.1. The lowest BCUT2D eigenvalue weighted by Gasteiger charge is -2.38. The van der Waals surface area contributed by atoms with Gasteiger partial charge >= 0.3 is 6.03 Å². The number of nitrogens with one attached hydrogen (secondary N) is 1. The molecular formula is C22H28FN3O2. The quantitative estimate of drug-likeness (QED) is 0.804. The molecule has 0 bridgehead atoms. The summed E-state index contributed by atoms with van der Waals surface area (Å²) >= 11 is 0. The van der Waals surface area contributed by atoms with E-state index in [1.807, 2.05) is 29.2 Å². The molecule has 6 heteroatoms. The molecule has 1 fully saturated rings. The summed E-state index contributed by atoms with van der Waals surface area (Å²) in [7, 11) is 1.61. The number of benzene rings is 2. The van der Waals surface area contributed by atoms with Gasteiger partial charge in [0.2, 0.25) is 0 Å². The van der Waals surface area contributed by atoms with Crippen LogP contribution in [-0.4, -0.2) is 48.6 Å². The number of anilines is 1. The molecule has 1 saturated heterocycles. The zero-order valence-electron chi connectivity index (χ0n) is 16.5. The predicted molar refractivity (Wildman–Crippen MR) is 109 cm³/mol. The zero-order chi connectivity index (χ0) is 19.9. The molecule has 0 unspecified atom stereocenters. The number of hydrogen-bond donors (Lipinski definition) is 1.